The van der Waals surface area contributed by atoms with Crippen molar-refractivity contribution < 1.29 is 13.2 Å². The monoisotopic (exact) mass is 462 g/mol. The molecule has 1 amide bonds. The van der Waals surface area contributed by atoms with Crippen LogP contribution < -0.4 is 9.62 Å². The largest absolute Gasteiger partial charge is 0.323 e. The lowest BCUT2D eigenvalue weighted by Crippen LogP contribution is -2.47. The molecule has 2 aromatic rings. The van der Waals surface area contributed by atoms with E-state index in [4.69, 9.17) is 34.8 Å². The van der Waals surface area contributed by atoms with E-state index in [1.54, 1.807) is 19.1 Å². The van der Waals surface area contributed by atoms with E-state index in [0.717, 1.165) is 21.7 Å². The third-order valence-electron chi connectivity index (χ3n) is 4.34. The number of nitrogens with one attached hydrogen (secondary N) is 1. The van der Waals surface area contributed by atoms with E-state index in [0.29, 0.717) is 5.69 Å². The summed E-state index contributed by atoms with van der Waals surface area (Å²) in [6.07, 6.45) is 1.33. The van der Waals surface area contributed by atoms with Crippen LogP contribution >= 0.6 is 34.8 Å². The van der Waals surface area contributed by atoms with Gasteiger partial charge < -0.3 is 5.32 Å². The second kappa shape index (κ2) is 8.91. The third-order valence-corrected chi connectivity index (χ3v) is 6.56. The maximum absolute atomic E-state index is 13.0. The zero-order valence-electron chi connectivity index (χ0n) is 15.9. The summed E-state index contributed by atoms with van der Waals surface area (Å²) in [7, 11) is -3.73. The normalized spacial score (nSPS) is 12.5. The van der Waals surface area contributed by atoms with E-state index in [1.165, 1.54) is 12.1 Å². The molecular weight excluding hydrogens is 443 g/mol. The average Bonchev–Trinajstić information content (AvgIpc) is 2.58. The lowest BCUT2D eigenvalue weighted by Gasteiger charge is -2.30. The van der Waals surface area contributed by atoms with Crippen molar-refractivity contribution in [1.29, 1.82) is 0 Å². The van der Waals surface area contributed by atoms with Crippen molar-refractivity contribution in [2.45, 2.75) is 33.2 Å². The van der Waals surface area contributed by atoms with Gasteiger partial charge in [0.2, 0.25) is 15.9 Å². The molecule has 152 valence electrons. The van der Waals surface area contributed by atoms with E-state index >= 15 is 0 Å². The van der Waals surface area contributed by atoms with Crippen LogP contribution in [0, 0.1) is 13.8 Å². The fourth-order valence-corrected chi connectivity index (χ4v) is 4.56. The number of rotatable bonds is 6. The minimum Gasteiger partial charge on any atom is -0.323 e. The molecular formula is C19H21Cl3N2O3S. The summed E-state index contributed by atoms with van der Waals surface area (Å²) < 4.78 is 26.2. The van der Waals surface area contributed by atoms with Crippen LogP contribution in [0.4, 0.5) is 11.4 Å². The molecule has 0 unspecified atom stereocenters. The van der Waals surface area contributed by atoms with Crippen molar-refractivity contribution in [2.75, 3.05) is 15.9 Å². The zero-order chi connectivity index (χ0) is 21.2. The van der Waals surface area contributed by atoms with Crippen LogP contribution in [-0.2, 0) is 14.8 Å². The first kappa shape index (κ1) is 22.8. The molecule has 0 heterocycles. The Bertz CT molecular complexity index is 1010. The first-order valence-corrected chi connectivity index (χ1v) is 11.5. The van der Waals surface area contributed by atoms with Gasteiger partial charge in [0.25, 0.3) is 0 Å². The van der Waals surface area contributed by atoms with Crippen molar-refractivity contribution >= 4 is 62.1 Å². The number of hydrogen-bond donors (Lipinski definition) is 1. The van der Waals surface area contributed by atoms with Crippen molar-refractivity contribution in [1.82, 2.24) is 0 Å². The Balaban J connectivity index is 2.45. The lowest BCUT2D eigenvalue weighted by molar-refractivity contribution is -0.117. The number of anilines is 2. The molecule has 0 saturated heterocycles. The zero-order valence-corrected chi connectivity index (χ0v) is 19.0. The van der Waals surface area contributed by atoms with Gasteiger partial charge in [-0.05, 0) is 55.7 Å². The average molecular weight is 464 g/mol. The predicted octanol–water partition coefficient (Wildman–Crippen LogP) is 5.45. The molecule has 0 aromatic heterocycles. The first-order chi connectivity index (χ1) is 13.0. The highest BCUT2D eigenvalue weighted by atomic mass is 35.5. The number of nitrogens with zero attached hydrogens (tertiary/aromatic N) is 1. The van der Waals surface area contributed by atoms with Gasteiger partial charge in [0.15, 0.2) is 0 Å². The summed E-state index contributed by atoms with van der Waals surface area (Å²) in [4.78, 5) is 13.0. The minimum atomic E-state index is -3.73. The summed E-state index contributed by atoms with van der Waals surface area (Å²) in [5.74, 6) is -0.522. The minimum absolute atomic E-state index is 0.203. The topological polar surface area (TPSA) is 66.5 Å². The van der Waals surface area contributed by atoms with E-state index in [9.17, 15) is 13.2 Å². The Hall–Kier alpha value is -1.47. The Morgan fingerprint density at radius 2 is 1.64 bits per heavy atom. The van der Waals surface area contributed by atoms with Crippen LogP contribution in [0.3, 0.4) is 0 Å². The molecule has 0 spiro atoms. The number of carbonyl (C=O) groups excluding carboxylic acids is 1. The maximum atomic E-state index is 13.0. The molecule has 2 rings (SSSR count). The van der Waals surface area contributed by atoms with Crippen molar-refractivity contribution in [3.63, 3.8) is 0 Å². The van der Waals surface area contributed by atoms with Crippen LogP contribution in [0.5, 0.6) is 0 Å². The smallest absolute Gasteiger partial charge is 0.248 e. The Kier molecular flexibility index (Phi) is 7.26. The van der Waals surface area contributed by atoms with Gasteiger partial charge in [-0.1, -0.05) is 47.8 Å². The standard InChI is InChI=1S/C19H21Cl3N2O3S/c1-5-18(19(25)23-17-10-15(21)14(20)9-16(17)22)24(28(4,26)27)13-7-6-11(2)12(3)8-13/h6-10,18H,5H2,1-4H3,(H,23,25)/t18-/m1/s1. The highest BCUT2D eigenvalue weighted by Crippen LogP contribution is 2.33. The molecule has 0 bridgehead atoms. The molecule has 5 nitrogen and oxygen atoms in total. The second-order valence-corrected chi connectivity index (χ2v) is 9.57. The van der Waals surface area contributed by atoms with Gasteiger partial charge >= 0.3 is 0 Å². The quantitative estimate of drug-likeness (QED) is 0.579. The number of aryl methyl sites for hydroxylation is 2. The van der Waals surface area contributed by atoms with Gasteiger partial charge in [0.1, 0.15) is 6.04 Å². The Morgan fingerprint density at radius 1 is 1.04 bits per heavy atom. The number of sulfonamides is 1. The molecule has 0 aliphatic rings. The fourth-order valence-electron chi connectivity index (χ4n) is 2.76. The molecule has 0 radical (unpaired) electrons. The SMILES string of the molecule is CC[C@H](C(=O)Nc1cc(Cl)c(Cl)cc1Cl)N(c1ccc(C)c(C)c1)S(C)(=O)=O. The van der Waals surface area contributed by atoms with E-state index in [-0.39, 0.29) is 27.2 Å². The van der Waals surface area contributed by atoms with Crippen molar-refractivity contribution in [3.8, 4) is 0 Å². The molecule has 0 aliphatic carbocycles. The second-order valence-electron chi connectivity index (χ2n) is 6.49. The number of amides is 1. The van der Waals surface area contributed by atoms with E-state index in [2.05, 4.69) is 5.32 Å². The van der Waals surface area contributed by atoms with Crippen LogP contribution in [-0.4, -0.2) is 26.6 Å². The van der Waals surface area contributed by atoms with Gasteiger partial charge in [-0.3, -0.25) is 9.10 Å². The molecule has 2 aromatic carbocycles. The first-order valence-electron chi connectivity index (χ1n) is 8.47. The van der Waals surface area contributed by atoms with Crippen LogP contribution in [0.25, 0.3) is 0 Å². The molecule has 0 aliphatic heterocycles. The van der Waals surface area contributed by atoms with Crippen molar-refractivity contribution in [3.05, 3.63) is 56.5 Å². The Labute approximate surface area is 180 Å². The van der Waals surface area contributed by atoms with Crippen LogP contribution in [0.2, 0.25) is 15.1 Å². The van der Waals surface area contributed by atoms with Gasteiger partial charge in [0.05, 0.1) is 32.7 Å². The summed E-state index contributed by atoms with van der Waals surface area (Å²) in [5, 5.41) is 3.34. The summed E-state index contributed by atoms with van der Waals surface area (Å²) >= 11 is 18.0. The molecule has 9 heteroatoms. The fraction of sp³-hybridized carbons (Fsp3) is 0.316. The number of hydrogen-bond acceptors (Lipinski definition) is 3. The highest BCUT2D eigenvalue weighted by Gasteiger charge is 2.32. The molecule has 28 heavy (non-hydrogen) atoms. The highest BCUT2D eigenvalue weighted by molar-refractivity contribution is 7.92. The summed E-state index contributed by atoms with van der Waals surface area (Å²) in [6, 6.07) is 7.13. The van der Waals surface area contributed by atoms with Crippen LogP contribution in [0.15, 0.2) is 30.3 Å². The molecule has 1 atom stereocenters. The summed E-state index contributed by atoms with van der Waals surface area (Å²) in [6.45, 7) is 5.55. The van der Waals surface area contributed by atoms with E-state index in [1.807, 2.05) is 19.9 Å². The lowest BCUT2D eigenvalue weighted by atomic mass is 10.1. The number of halogens is 3. The van der Waals surface area contributed by atoms with Crippen LogP contribution in [0.1, 0.15) is 24.5 Å². The van der Waals surface area contributed by atoms with Gasteiger partial charge in [-0.25, -0.2) is 8.42 Å². The van der Waals surface area contributed by atoms with Gasteiger partial charge in [0, 0.05) is 0 Å². The Morgan fingerprint density at radius 3 is 2.18 bits per heavy atom. The molecule has 0 fully saturated rings. The molecule has 1 N–H and O–H groups in total. The predicted molar refractivity (Wildman–Crippen MR) is 117 cm³/mol. The van der Waals surface area contributed by atoms with E-state index < -0.39 is 22.0 Å². The number of benzene rings is 2. The summed E-state index contributed by atoms with van der Waals surface area (Å²) in [5.41, 5.74) is 2.63. The third kappa shape index (κ3) is 5.11. The van der Waals surface area contributed by atoms with Crippen molar-refractivity contribution in [2.24, 2.45) is 0 Å². The number of carbonyl (C=O) groups is 1. The maximum Gasteiger partial charge on any atom is 0.248 e. The van der Waals surface area contributed by atoms with Gasteiger partial charge in [-0.2, -0.15) is 0 Å². The molecule has 0 saturated carbocycles. The van der Waals surface area contributed by atoms with Gasteiger partial charge in [-0.15, -0.1) is 0 Å².